The molecule has 2 amide bonds. The second kappa shape index (κ2) is 6.21. The molecule has 0 unspecified atom stereocenters. The van der Waals surface area contributed by atoms with Crippen LogP contribution in [-0.2, 0) is 0 Å². The third-order valence-electron chi connectivity index (χ3n) is 2.81. The van der Waals surface area contributed by atoms with Gasteiger partial charge in [0.1, 0.15) is 0 Å². The first-order chi connectivity index (χ1) is 8.88. The zero-order chi connectivity index (χ0) is 14.5. The lowest BCUT2D eigenvalue weighted by Crippen LogP contribution is -2.41. The highest BCUT2D eigenvalue weighted by Crippen LogP contribution is 2.15. The second-order valence-corrected chi connectivity index (χ2v) is 5.35. The van der Waals surface area contributed by atoms with Gasteiger partial charge in [-0.3, -0.25) is 0 Å². The van der Waals surface area contributed by atoms with Gasteiger partial charge in [-0.15, -0.1) is 0 Å². The van der Waals surface area contributed by atoms with Gasteiger partial charge in [-0.1, -0.05) is 19.9 Å². The van der Waals surface area contributed by atoms with E-state index in [-0.39, 0.29) is 11.4 Å². The number of nitriles is 1. The second-order valence-electron chi connectivity index (χ2n) is 5.35. The van der Waals surface area contributed by atoms with Crippen LogP contribution in [0.2, 0.25) is 0 Å². The summed E-state index contributed by atoms with van der Waals surface area (Å²) in [6.07, 6.45) is 0. The van der Waals surface area contributed by atoms with Crippen LogP contribution in [0.15, 0.2) is 24.3 Å². The summed E-state index contributed by atoms with van der Waals surface area (Å²) in [5.41, 5.74) is 6.66. The van der Waals surface area contributed by atoms with E-state index in [0.717, 1.165) is 0 Å². The van der Waals surface area contributed by atoms with Crippen LogP contribution in [0, 0.1) is 16.7 Å². The van der Waals surface area contributed by atoms with Gasteiger partial charge in [-0.25, -0.2) is 4.79 Å². The van der Waals surface area contributed by atoms with Crippen molar-refractivity contribution in [3.05, 3.63) is 29.8 Å². The monoisotopic (exact) mass is 260 g/mol. The van der Waals surface area contributed by atoms with E-state index in [1.165, 1.54) is 0 Å². The zero-order valence-corrected chi connectivity index (χ0v) is 11.6. The number of rotatable bonds is 4. The van der Waals surface area contributed by atoms with Crippen molar-refractivity contribution < 1.29 is 4.79 Å². The summed E-state index contributed by atoms with van der Waals surface area (Å²) in [7, 11) is 1.72. The van der Waals surface area contributed by atoms with Gasteiger partial charge in [0.05, 0.1) is 11.6 Å². The van der Waals surface area contributed by atoms with Crippen LogP contribution < -0.4 is 11.1 Å². The minimum atomic E-state index is -0.211. The quantitative estimate of drug-likeness (QED) is 0.868. The maximum Gasteiger partial charge on any atom is 0.321 e. The third-order valence-corrected chi connectivity index (χ3v) is 2.81. The summed E-state index contributed by atoms with van der Waals surface area (Å²) >= 11 is 0. The minimum Gasteiger partial charge on any atom is -0.330 e. The fourth-order valence-corrected chi connectivity index (χ4v) is 1.66. The Kier molecular flexibility index (Phi) is 4.90. The van der Waals surface area contributed by atoms with Crippen molar-refractivity contribution in [2.24, 2.45) is 11.1 Å². The summed E-state index contributed by atoms with van der Waals surface area (Å²) in [5, 5.41) is 11.6. The number of urea groups is 1. The van der Waals surface area contributed by atoms with E-state index >= 15 is 0 Å². The van der Waals surface area contributed by atoms with E-state index in [9.17, 15) is 4.79 Å². The average molecular weight is 260 g/mol. The maximum atomic E-state index is 12.0. The smallest absolute Gasteiger partial charge is 0.321 e. The Hall–Kier alpha value is -2.06. The van der Waals surface area contributed by atoms with Crippen molar-refractivity contribution >= 4 is 11.7 Å². The topological polar surface area (TPSA) is 82.2 Å². The molecule has 0 saturated heterocycles. The number of carbonyl (C=O) groups is 1. The normalized spacial score (nSPS) is 10.7. The Morgan fingerprint density at radius 3 is 2.79 bits per heavy atom. The zero-order valence-electron chi connectivity index (χ0n) is 11.6. The molecule has 0 aliphatic heterocycles. The van der Waals surface area contributed by atoms with E-state index in [1.807, 2.05) is 19.9 Å². The number of anilines is 1. The van der Waals surface area contributed by atoms with Gasteiger partial charge < -0.3 is 16.0 Å². The van der Waals surface area contributed by atoms with Crippen LogP contribution in [-0.4, -0.2) is 31.1 Å². The Morgan fingerprint density at radius 2 is 2.21 bits per heavy atom. The summed E-state index contributed by atoms with van der Waals surface area (Å²) < 4.78 is 0. The fourth-order valence-electron chi connectivity index (χ4n) is 1.66. The molecule has 1 aromatic carbocycles. The number of nitrogens with one attached hydrogen (secondary N) is 1. The van der Waals surface area contributed by atoms with Crippen molar-refractivity contribution in [1.29, 1.82) is 5.26 Å². The molecule has 0 aliphatic rings. The van der Waals surface area contributed by atoms with Crippen LogP contribution in [0.1, 0.15) is 19.4 Å². The minimum absolute atomic E-state index is 0.124. The number of hydrogen-bond acceptors (Lipinski definition) is 3. The molecule has 102 valence electrons. The third kappa shape index (κ3) is 4.60. The molecule has 1 aromatic rings. The highest BCUT2D eigenvalue weighted by Gasteiger charge is 2.21. The molecule has 3 N–H and O–H groups in total. The Bertz CT molecular complexity index is 490. The Labute approximate surface area is 114 Å². The number of nitrogens with two attached hydrogens (primary N) is 1. The van der Waals surface area contributed by atoms with Crippen LogP contribution in [0.3, 0.4) is 0 Å². The van der Waals surface area contributed by atoms with Crippen molar-refractivity contribution in [2.75, 3.05) is 25.5 Å². The molecule has 0 saturated carbocycles. The molecular formula is C14H20N4O. The molecule has 0 aliphatic carbocycles. The maximum absolute atomic E-state index is 12.0. The van der Waals surface area contributed by atoms with Gasteiger partial charge in [0.15, 0.2) is 0 Å². The van der Waals surface area contributed by atoms with Gasteiger partial charge in [-0.05, 0) is 30.2 Å². The van der Waals surface area contributed by atoms with Gasteiger partial charge in [0, 0.05) is 19.3 Å². The summed E-state index contributed by atoms with van der Waals surface area (Å²) in [6.45, 7) is 5.09. The molecule has 5 heteroatoms. The lowest BCUT2D eigenvalue weighted by Gasteiger charge is -2.29. The molecule has 0 bridgehead atoms. The van der Waals surface area contributed by atoms with Crippen molar-refractivity contribution in [1.82, 2.24) is 4.90 Å². The highest BCUT2D eigenvalue weighted by atomic mass is 16.2. The first-order valence-corrected chi connectivity index (χ1v) is 6.10. The number of benzene rings is 1. The molecule has 19 heavy (non-hydrogen) atoms. The van der Waals surface area contributed by atoms with Crippen molar-refractivity contribution in [3.8, 4) is 6.07 Å². The number of hydrogen-bond donors (Lipinski definition) is 2. The first kappa shape index (κ1) is 15.0. The average Bonchev–Trinajstić information content (AvgIpc) is 2.38. The van der Waals surface area contributed by atoms with Crippen LogP contribution in [0.25, 0.3) is 0 Å². The van der Waals surface area contributed by atoms with Gasteiger partial charge in [0.2, 0.25) is 0 Å². The lowest BCUT2D eigenvalue weighted by atomic mass is 9.93. The molecular weight excluding hydrogens is 240 g/mol. The summed E-state index contributed by atoms with van der Waals surface area (Å²) in [6, 6.07) is 8.64. The molecule has 5 nitrogen and oxygen atoms in total. The Morgan fingerprint density at radius 1 is 1.53 bits per heavy atom. The molecule has 1 rings (SSSR count). The van der Waals surface area contributed by atoms with Crippen LogP contribution in [0.5, 0.6) is 0 Å². The molecule has 0 heterocycles. The SMILES string of the molecule is CN(CC(C)(C)CN)C(=O)Nc1cccc(C#N)c1. The van der Waals surface area contributed by atoms with E-state index < -0.39 is 0 Å². The summed E-state index contributed by atoms with van der Waals surface area (Å²) in [4.78, 5) is 13.6. The molecule has 0 aromatic heterocycles. The first-order valence-electron chi connectivity index (χ1n) is 6.10. The predicted molar refractivity (Wildman–Crippen MR) is 75.6 cm³/mol. The van der Waals surface area contributed by atoms with E-state index in [1.54, 1.807) is 36.2 Å². The molecule has 0 atom stereocenters. The van der Waals surface area contributed by atoms with Crippen molar-refractivity contribution in [2.45, 2.75) is 13.8 Å². The Balaban J connectivity index is 2.66. The number of nitrogens with zero attached hydrogens (tertiary/aromatic N) is 2. The van der Waals surface area contributed by atoms with E-state index in [4.69, 9.17) is 11.0 Å². The molecule has 0 radical (unpaired) electrons. The summed E-state index contributed by atoms with van der Waals surface area (Å²) in [5.74, 6) is 0. The lowest BCUT2D eigenvalue weighted by molar-refractivity contribution is 0.197. The number of amides is 2. The largest absolute Gasteiger partial charge is 0.330 e. The van der Waals surface area contributed by atoms with E-state index in [2.05, 4.69) is 5.32 Å². The van der Waals surface area contributed by atoms with Crippen LogP contribution >= 0.6 is 0 Å². The highest BCUT2D eigenvalue weighted by molar-refractivity contribution is 5.89. The van der Waals surface area contributed by atoms with E-state index in [0.29, 0.717) is 24.3 Å². The predicted octanol–water partition coefficient (Wildman–Crippen LogP) is 2.01. The van der Waals surface area contributed by atoms with Gasteiger partial charge in [-0.2, -0.15) is 5.26 Å². The molecule has 0 spiro atoms. The number of carbonyl (C=O) groups excluding carboxylic acids is 1. The van der Waals surface area contributed by atoms with Gasteiger partial charge >= 0.3 is 6.03 Å². The van der Waals surface area contributed by atoms with Crippen molar-refractivity contribution in [3.63, 3.8) is 0 Å². The fraction of sp³-hybridized carbons (Fsp3) is 0.429. The standard InChI is InChI=1S/C14H20N4O/c1-14(2,9-16)10-18(3)13(19)17-12-6-4-5-11(7-12)8-15/h4-7H,9-10,16H2,1-3H3,(H,17,19). The molecule has 0 fully saturated rings. The van der Waals surface area contributed by atoms with Gasteiger partial charge in [0.25, 0.3) is 0 Å². The van der Waals surface area contributed by atoms with Crippen LogP contribution in [0.4, 0.5) is 10.5 Å².